The minimum Gasteiger partial charge on any atom is -0.372 e. The van der Waals surface area contributed by atoms with Crippen LogP contribution in [-0.2, 0) is 5.41 Å². The summed E-state index contributed by atoms with van der Waals surface area (Å²) < 4.78 is 1.04. The van der Waals surface area contributed by atoms with Crippen molar-refractivity contribution in [3.63, 3.8) is 0 Å². The van der Waals surface area contributed by atoms with Crippen molar-refractivity contribution in [3.8, 4) is 11.5 Å². The van der Waals surface area contributed by atoms with Crippen molar-refractivity contribution >= 4 is 28.4 Å². The van der Waals surface area contributed by atoms with Gasteiger partial charge in [-0.15, -0.1) is 0 Å². The van der Waals surface area contributed by atoms with Gasteiger partial charge in [-0.1, -0.05) is 20.8 Å². The molecule has 0 amide bonds. The van der Waals surface area contributed by atoms with Crippen LogP contribution in [0, 0.1) is 3.57 Å². The fourth-order valence-electron chi connectivity index (χ4n) is 1.53. The van der Waals surface area contributed by atoms with Crippen LogP contribution in [0.3, 0.4) is 0 Å². The molecule has 0 unspecified atom stereocenters. The molecule has 2 rings (SSSR count). The van der Waals surface area contributed by atoms with Crippen molar-refractivity contribution in [2.24, 2.45) is 0 Å². The highest BCUT2D eigenvalue weighted by atomic mass is 127. The number of rotatable bonds is 2. The van der Waals surface area contributed by atoms with Crippen molar-refractivity contribution in [3.05, 3.63) is 15.5 Å². The Hall–Kier alpha value is -1.25. The van der Waals surface area contributed by atoms with Crippen LogP contribution in [0.4, 0.5) is 5.82 Å². The summed E-state index contributed by atoms with van der Waals surface area (Å²) in [5.74, 6) is 1.40. The molecule has 2 heterocycles. The van der Waals surface area contributed by atoms with E-state index in [1.807, 2.05) is 7.05 Å². The molecule has 0 bridgehead atoms. The summed E-state index contributed by atoms with van der Waals surface area (Å²) in [5.41, 5.74) is 1.60. The van der Waals surface area contributed by atoms with Gasteiger partial charge >= 0.3 is 0 Å². The molecule has 2 aromatic heterocycles. The zero-order valence-corrected chi connectivity index (χ0v) is 12.9. The first kappa shape index (κ1) is 13.2. The van der Waals surface area contributed by atoms with Crippen molar-refractivity contribution in [1.29, 1.82) is 0 Å². The number of anilines is 1. The molecule has 0 aliphatic rings. The average Bonchev–Trinajstić information content (AvgIpc) is 2.81. The summed E-state index contributed by atoms with van der Waals surface area (Å²) in [6, 6.07) is 0. The third kappa shape index (κ3) is 2.45. The van der Waals surface area contributed by atoms with Gasteiger partial charge in [0.15, 0.2) is 5.82 Å². The lowest BCUT2D eigenvalue weighted by Gasteiger charge is -2.21. The van der Waals surface area contributed by atoms with Crippen LogP contribution in [0.15, 0.2) is 6.20 Å². The molecule has 0 aromatic carbocycles. The zero-order valence-electron chi connectivity index (χ0n) is 10.7. The second-order valence-corrected chi connectivity index (χ2v) is 5.99. The first-order valence-electron chi connectivity index (χ1n) is 5.55. The fraction of sp³-hybridized carbons (Fsp3) is 0.455. The largest absolute Gasteiger partial charge is 0.372 e. The Morgan fingerprint density at radius 2 is 2.00 bits per heavy atom. The second-order valence-electron chi connectivity index (χ2n) is 4.91. The standard InChI is InChI=1S/C11H15IN6/c1-11(2,3)8-7(12)10(13-4)16-9(15-8)6-5-14-18-17-6/h5H,1-4H3,(H,13,15,16)(H,14,17,18). The first-order chi connectivity index (χ1) is 8.43. The maximum Gasteiger partial charge on any atom is 0.184 e. The molecule has 2 aromatic rings. The smallest absolute Gasteiger partial charge is 0.184 e. The molecule has 7 heteroatoms. The molecular formula is C11H15IN6. The SMILES string of the molecule is CNc1nc(-c2cn[nH]n2)nc(C(C)(C)C)c1I. The fourth-order valence-corrected chi connectivity index (χ4v) is 2.85. The van der Waals surface area contributed by atoms with Gasteiger partial charge in [0.25, 0.3) is 0 Å². The van der Waals surface area contributed by atoms with E-state index in [0.29, 0.717) is 11.5 Å². The predicted octanol–water partition coefficient (Wildman–Crippen LogP) is 2.21. The summed E-state index contributed by atoms with van der Waals surface area (Å²) in [4.78, 5) is 9.07. The highest BCUT2D eigenvalue weighted by molar-refractivity contribution is 14.1. The lowest BCUT2D eigenvalue weighted by atomic mass is 9.92. The van der Waals surface area contributed by atoms with Crippen LogP contribution in [0.25, 0.3) is 11.5 Å². The molecule has 0 saturated heterocycles. The second kappa shape index (κ2) is 4.79. The van der Waals surface area contributed by atoms with Crippen molar-refractivity contribution in [2.45, 2.75) is 26.2 Å². The summed E-state index contributed by atoms with van der Waals surface area (Å²) in [6.45, 7) is 6.39. The van der Waals surface area contributed by atoms with E-state index < -0.39 is 0 Å². The van der Waals surface area contributed by atoms with E-state index in [0.717, 1.165) is 15.1 Å². The van der Waals surface area contributed by atoms with Crippen LogP contribution in [0.1, 0.15) is 26.5 Å². The maximum absolute atomic E-state index is 4.61. The topological polar surface area (TPSA) is 79.4 Å². The monoisotopic (exact) mass is 358 g/mol. The van der Waals surface area contributed by atoms with Gasteiger partial charge in [0.1, 0.15) is 11.5 Å². The number of hydrogen-bond acceptors (Lipinski definition) is 5. The molecule has 6 nitrogen and oxygen atoms in total. The van der Waals surface area contributed by atoms with Crippen LogP contribution >= 0.6 is 22.6 Å². The number of H-pyrrole nitrogens is 1. The van der Waals surface area contributed by atoms with Crippen LogP contribution in [0.2, 0.25) is 0 Å². The van der Waals surface area contributed by atoms with Crippen molar-refractivity contribution < 1.29 is 0 Å². The molecule has 0 atom stereocenters. The van der Waals surface area contributed by atoms with E-state index >= 15 is 0 Å². The van der Waals surface area contributed by atoms with Gasteiger partial charge < -0.3 is 5.32 Å². The maximum atomic E-state index is 4.61. The van der Waals surface area contributed by atoms with E-state index in [1.54, 1.807) is 6.20 Å². The molecule has 0 spiro atoms. The van der Waals surface area contributed by atoms with E-state index in [9.17, 15) is 0 Å². The molecule has 0 radical (unpaired) electrons. The lowest BCUT2D eigenvalue weighted by molar-refractivity contribution is 0.564. The van der Waals surface area contributed by atoms with Crippen LogP contribution in [-0.4, -0.2) is 32.4 Å². The van der Waals surface area contributed by atoms with E-state index in [-0.39, 0.29) is 5.41 Å². The van der Waals surface area contributed by atoms with Gasteiger partial charge in [0.05, 0.1) is 15.5 Å². The van der Waals surface area contributed by atoms with E-state index in [1.165, 1.54) is 0 Å². The number of nitrogens with zero attached hydrogens (tertiary/aromatic N) is 4. The molecule has 18 heavy (non-hydrogen) atoms. The van der Waals surface area contributed by atoms with Crippen LogP contribution < -0.4 is 5.32 Å². The number of nitrogens with one attached hydrogen (secondary N) is 2. The third-order valence-corrected chi connectivity index (χ3v) is 3.46. The van der Waals surface area contributed by atoms with Gasteiger partial charge in [-0.2, -0.15) is 15.4 Å². The normalized spacial score (nSPS) is 11.6. The van der Waals surface area contributed by atoms with Crippen molar-refractivity contribution in [1.82, 2.24) is 25.4 Å². The zero-order chi connectivity index (χ0) is 13.3. The minimum absolute atomic E-state index is 0.0520. The van der Waals surface area contributed by atoms with Gasteiger partial charge in [-0.25, -0.2) is 9.97 Å². The molecule has 2 N–H and O–H groups in total. The number of hydrogen-bond donors (Lipinski definition) is 2. The Kier molecular flexibility index (Phi) is 3.51. The Balaban J connectivity index is 2.64. The molecular weight excluding hydrogens is 343 g/mol. The first-order valence-corrected chi connectivity index (χ1v) is 6.63. The number of halogens is 1. The summed E-state index contributed by atoms with van der Waals surface area (Å²) in [5, 5.41) is 13.5. The lowest BCUT2D eigenvalue weighted by Crippen LogP contribution is -2.18. The van der Waals surface area contributed by atoms with Gasteiger partial charge in [-0.05, 0) is 22.6 Å². The Morgan fingerprint density at radius 1 is 1.28 bits per heavy atom. The number of aromatic amines is 1. The van der Waals surface area contributed by atoms with E-state index in [4.69, 9.17) is 0 Å². The minimum atomic E-state index is -0.0520. The summed E-state index contributed by atoms with van der Waals surface area (Å²) in [7, 11) is 1.85. The number of aromatic nitrogens is 5. The van der Waals surface area contributed by atoms with E-state index in [2.05, 4.69) is 74.1 Å². The molecule has 0 aliphatic carbocycles. The highest BCUT2D eigenvalue weighted by Gasteiger charge is 2.23. The van der Waals surface area contributed by atoms with Crippen molar-refractivity contribution in [2.75, 3.05) is 12.4 Å². The predicted molar refractivity (Wildman–Crippen MR) is 78.4 cm³/mol. The molecule has 0 aliphatic heterocycles. The van der Waals surface area contributed by atoms with Gasteiger partial charge in [0, 0.05) is 12.5 Å². The van der Waals surface area contributed by atoms with Crippen LogP contribution in [0.5, 0.6) is 0 Å². The van der Waals surface area contributed by atoms with Gasteiger partial charge in [-0.3, -0.25) is 0 Å². The molecule has 0 saturated carbocycles. The summed E-state index contributed by atoms with van der Waals surface area (Å²) >= 11 is 2.27. The molecule has 0 fully saturated rings. The molecule has 96 valence electrons. The third-order valence-electron chi connectivity index (χ3n) is 2.44. The summed E-state index contributed by atoms with van der Waals surface area (Å²) in [6.07, 6.45) is 1.62. The highest BCUT2D eigenvalue weighted by Crippen LogP contribution is 2.30. The Bertz CT molecular complexity index is 543. The average molecular weight is 358 g/mol. The quantitative estimate of drug-likeness (QED) is 0.805. The Labute approximate surface area is 119 Å². The Morgan fingerprint density at radius 3 is 2.50 bits per heavy atom. The van der Waals surface area contributed by atoms with Gasteiger partial charge in [0.2, 0.25) is 0 Å².